The first kappa shape index (κ1) is 9.40. The first-order valence-electron chi connectivity index (χ1n) is 4.97. The average molecular weight is 193 g/mol. The van der Waals surface area contributed by atoms with Crippen molar-refractivity contribution in [3.8, 4) is 5.88 Å². The first-order chi connectivity index (χ1) is 6.88. The molecule has 0 aromatic carbocycles. The number of rotatable bonds is 3. The van der Waals surface area contributed by atoms with Gasteiger partial charge in [0, 0.05) is 12.6 Å². The van der Waals surface area contributed by atoms with Crippen LogP contribution < -0.4 is 4.74 Å². The standard InChI is InChI=1S/C10H15N3O/c1-14-10-5-4-9(11-12-10)8-13-6-2-3-7-13/h4-5H,2-3,6-8H2,1H3. The molecule has 2 rings (SSSR count). The first-order valence-corrected chi connectivity index (χ1v) is 4.97. The molecule has 14 heavy (non-hydrogen) atoms. The number of hydrogen-bond donors (Lipinski definition) is 0. The Morgan fingerprint density at radius 2 is 2.07 bits per heavy atom. The van der Waals surface area contributed by atoms with Crippen molar-refractivity contribution in [3.05, 3.63) is 17.8 Å². The lowest BCUT2D eigenvalue weighted by Gasteiger charge is -2.12. The molecule has 2 heterocycles. The molecule has 1 fully saturated rings. The van der Waals surface area contributed by atoms with Crippen LogP contribution in [0.15, 0.2) is 12.1 Å². The van der Waals surface area contributed by atoms with E-state index in [9.17, 15) is 0 Å². The Balaban J connectivity index is 1.95. The molecular formula is C10H15N3O. The van der Waals surface area contributed by atoms with Crippen molar-refractivity contribution in [3.63, 3.8) is 0 Å². The van der Waals surface area contributed by atoms with E-state index in [1.54, 1.807) is 7.11 Å². The van der Waals surface area contributed by atoms with Gasteiger partial charge in [-0.05, 0) is 32.0 Å². The van der Waals surface area contributed by atoms with Gasteiger partial charge in [0.1, 0.15) is 0 Å². The molecule has 1 aromatic heterocycles. The van der Waals surface area contributed by atoms with Crippen LogP contribution in [0.1, 0.15) is 18.5 Å². The molecule has 0 radical (unpaired) electrons. The molecule has 0 spiro atoms. The van der Waals surface area contributed by atoms with Crippen LogP contribution in [-0.4, -0.2) is 35.3 Å². The summed E-state index contributed by atoms with van der Waals surface area (Å²) in [6.07, 6.45) is 2.62. The van der Waals surface area contributed by atoms with Crippen molar-refractivity contribution in [1.82, 2.24) is 15.1 Å². The molecule has 0 N–H and O–H groups in total. The number of ether oxygens (including phenoxy) is 1. The molecule has 4 nitrogen and oxygen atoms in total. The van der Waals surface area contributed by atoms with Gasteiger partial charge in [0.25, 0.3) is 0 Å². The van der Waals surface area contributed by atoms with Gasteiger partial charge in [-0.1, -0.05) is 0 Å². The minimum atomic E-state index is 0.579. The summed E-state index contributed by atoms with van der Waals surface area (Å²) in [4.78, 5) is 2.40. The summed E-state index contributed by atoms with van der Waals surface area (Å²) in [5.74, 6) is 0.579. The van der Waals surface area contributed by atoms with Crippen molar-refractivity contribution in [1.29, 1.82) is 0 Å². The van der Waals surface area contributed by atoms with Crippen LogP contribution in [0, 0.1) is 0 Å². The third-order valence-electron chi connectivity index (χ3n) is 2.49. The highest BCUT2D eigenvalue weighted by atomic mass is 16.5. The molecular weight excluding hydrogens is 178 g/mol. The van der Waals surface area contributed by atoms with E-state index in [2.05, 4.69) is 15.1 Å². The Kier molecular flexibility index (Phi) is 2.93. The van der Waals surface area contributed by atoms with E-state index in [1.165, 1.54) is 25.9 Å². The molecule has 1 aromatic rings. The van der Waals surface area contributed by atoms with E-state index >= 15 is 0 Å². The van der Waals surface area contributed by atoms with Gasteiger partial charge >= 0.3 is 0 Å². The fraction of sp³-hybridized carbons (Fsp3) is 0.600. The van der Waals surface area contributed by atoms with Gasteiger partial charge in [-0.3, -0.25) is 4.90 Å². The highest BCUT2D eigenvalue weighted by Crippen LogP contribution is 2.11. The molecule has 0 atom stereocenters. The smallest absolute Gasteiger partial charge is 0.233 e. The lowest BCUT2D eigenvalue weighted by Crippen LogP contribution is -2.19. The van der Waals surface area contributed by atoms with E-state index in [1.807, 2.05) is 12.1 Å². The van der Waals surface area contributed by atoms with Gasteiger partial charge < -0.3 is 4.74 Å². The number of methoxy groups -OCH3 is 1. The van der Waals surface area contributed by atoms with Gasteiger partial charge in [0.05, 0.1) is 12.8 Å². The van der Waals surface area contributed by atoms with Gasteiger partial charge in [-0.25, -0.2) is 0 Å². The lowest BCUT2D eigenvalue weighted by molar-refractivity contribution is 0.323. The van der Waals surface area contributed by atoms with Crippen LogP contribution in [0.2, 0.25) is 0 Å². The second kappa shape index (κ2) is 4.37. The summed E-state index contributed by atoms with van der Waals surface area (Å²) in [7, 11) is 1.60. The SMILES string of the molecule is COc1ccc(CN2CCCC2)nn1. The Bertz CT molecular complexity index is 280. The maximum Gasteiger partial charge on any atom is 0.233 e. The average Bonchev–Trinajstić information content (AvgIpc) is 2.72. The predicted octanol–water partition coefficient (Wildman–Crippen LogP) is 1.08. The Hall–Kier alpha value is -1.16. The predicted molar refractivity (Wildman–Crippen MR) is 53.1 cm³/mol. The van der Waals surface area contributed by atoms with Crippen LogP contribution in [0.3, 0.4) is 0 Å². The lowest BCUT2D eigenvalue weighted by atomic mass is 10.3. The second-order valence-electron chi connectivity index (χ2n) is 3.55. The molecule has 1 aliphatic heterocycles. The van der Waals surface area contributed by atoms with E-state index in [0.29, 0.717) is 5.88 Å². The van der Waals surface area contributed by atoms with Gasteiger partial charge in [-0.2, -0.15) is 5.10 Å². The zero-order valence-corrected chi connectivity index (χ0v) is 8.44. The fourth-order valence-corrected chi connectivity index (χ4v) is 1.71. The monoisotopic (exact) mass is 193 g/mol. The van der Waals surface area contributed by atoms with Gasteiger partial charge in [0.15, 0.2) is 0 Å². The van der Waals surface area contributed by atoms with Crippen molar-refractivity contribution >= 4 is 0 Å². The van der Waals surface area contributed by atoms with Crippen LogP contribution in [0.25, 0.3) is 0 Å². The van der Waals surface area contributed by atoms with Gasteiger partial charge in [0.2, 0.25) is 5.88 Å². The van der Waals surface area contributed by atoms with Crippen molar-refractivity contribution in [2.45, 2.75) is 19.4 Å². The van der Waals surface area contributed by atoms with E-state index in [0.717, 1.165) is 12.2 Å². The third-order valence-corrected chi connectivity index (χ3v) is 2.49. The molecule has 4 heteroatoms. The number of aromatic nitrogens is 2. The number of likely N-dealkylation sites (tertiary alicyclic amines) is 1. The third kappa shape index (κ3) is 2.20. The molecule has 0 saturated carbocycles. The minimum absolute atomic E-state index is 0.579. The summed E-state index contributed by atoms with van der Waals surface area (Å²) in [5, 5.41) is 8.04. The molecule has 1 saturated heterocycles. The van der Waals surface area contributed by atoms with Crippen LogP contribution >= 0.6 is 0 Å². The molecule has 76 valence electrons. The maximum absolute atomic E-state index is 4.95. The van der Waals surface area contributed by atoms with E-state index in [4.69, 9.17) is 4.74 Å². The quantitative estimate of drug-likeness (QED) is 0.720. The van der Waals surface area contributed by atoms with Crippen molar-refractivity contribution in [2.24, 2.45) is 0 Å². The molecule has 0 bridgehead atoms. The second-order valence-corrected chi connectivity index (χ2v) is 3.55. The Morgan fingerprint density at radius 3 is 2.64 bits per heavy atom. The Labute approximate surface area is 83.9 Å². The molecule has 1 aliphatic rings. The molecule has 0 amide bonds. The maximum atomic E-state index is 4.95. The molecule has 0 aliphatic carbocycles. The van der Waals surface area contributed by atoms with Gasteiger partial charge in [-0.15, -0.1) is 5.10 Å². The zero-order chi connectivity index (χ0) is 9.80. The highest BCUT2D eigenvalue weighted by molar-refractivity contribution is 5.11. The summed E-state index contributed by atoms with van der Waals surface area (Å²) >= 11 is 0. The topological polar surface area (TPSA) is 38.2 Å². The Morgan fingerprint density at radius 1 is 1.29 bits per heavy atom. The van der Waals surface area contributed by atoms with Crippen molar-refractivity contribution in [2.75, 3.05) is 20.2 Å². The number of hydrogen-bond acceptors (Lipinski definition) is 4. The van der Waals surface area contributed by atoms with Crippen molar-refractivity contribution < 1.29 is 4.74 Å². The fourth-order valence-electron chi connectivity index (χ4n) is 1.71. The summed E-state index contributed by atoms with van der Waals surface area (Å²) in [6.45, 7) is 3.29. The van der Waals surface area contributed by atoms with E-state index in [-0.39, 0.29) is 0 Å². The van der Waals surface area contributed by atoms with Crippen LogP contribution in [0.4, 0.5) is 0 Å². The normalized spacial score (nSPS) is 17.2. The van der Waals surface area contributed by atoms with Crippen LogP contribution in [-0.2, 0) is 6.54 Å². The van der Waals surface area contributed by atoms with Crippen LogP contribution in [0.5, 0.6) is 5.88 Å². The summed E-state index contributed by atoms with van der Waals surface area (Å²) < 4.78 is 4.95. The largest absolute Gasteiger partial charge is 0.480 e. The zero-order valence-electron chi connectivity index (χ0n) is 8.44. The summed E-state index contributed by atoms with van der Waals surface area (Å²) in [6, 6.07) is 3.84. The minimum Gasteiger partial charge on any atom is -0.480 e. The summed E-state index contributed by atoms with van der Waals surface area (Å²) in [5.41, 5.74) is 1.02. The van der Waals surface area contributed by atoms with E-state index < -0.39 is 0 Å². The number of nitrogens with zero attached hydrogens (tertiary/aromatic N) is 3. The molecule has 0 unspecified atom stereocenters. The highest BCUT2D eigenvalue weighted by Gasteiger charge is 2.12.